The van der Waals surface area contributed by atoms with Crippen LogP contribution in [0.4, 0.5) is 4.39 Å². The van der Waals surface area contributed by atoms with Crippen LogP contribution in [0.2, 0.25) is 0 Å². The van der Waals surface area contributed by atoms with Crippen molar-refractivity contribution < 1.29 is 9.13 Å². The van der Waals surface area contributed by atoms with Crippen molar-refractivity contribution in [2.24, 2.45) is 0 Å². The van der Waals surface area contributed by atoms with E-state index in [2.05, 4.69) is 0 Å². The van der Waals surface area contributed by atoms with Crippen LogP contribution in [0.25, 0.3) is 0 Å². The first-order chi connectivity index (χ1) is 5.08. The van der Waals surface area contributed by atoms with Gasteiger partial charge in [0.15, 0.2) is 0 Å². The van der Waals surface area contributed by atoms with Crippen LogP contribution in [0.3, 0.4) is 0 Å². The lowest BCUT2D eigenvalue weighted by atomic mass is 10.0. The molecule has 0 radical (unpaired) electrons. The molecule has 0 saturated carbocycles. The molecule has 0 amide bonds. The van der Waals surface area contributed by atoms with Gasteiger partial charge in [-0.3, -0.25) is 4.90 Å². The normalized spacial score (nSPS) is 39.8. The fourth-order valence-corrected chi connectivity index (χ4v) is 1.64. The fraction of sp³-hybridized carbons (Fsp3) is 1.00. The summed E-state index contributed by atoms with van der Waals surface area (Å²) >= 11 is 0. The molecule has 1 rings (SSSR count). The molecule has 0 aromatic heterocycles. The maximum Gasteiger partial charge on any atom is 0.127 e. The summed E-state index contributed by atoms with van der Waals surface area (Å²) in [4.78, 5) is 2.02. The van der Waals surface area contributed by atoms with Crippen molar-refractivity contribution >= 4 is 0 Å². The van der Waals surface area contributed by atoms with E-state index >= 15 is 0 Å². The van der Waals surface area contributed by atoms with Crippen LogP contribution in [0, 0.1) is 0 Å². The summed E-state index contributed by atoms with van der Waals surface area (Å²) in [6, 6.07) is -0.0625. The molecule has 3 heteroatoms. The summed E-state index contributed by atoms with van der Waals surface area (Å²) in [5, 5.41) is 0. The smallest absolute Gasteiger partial charge is 0.127 e. The van der Waals surface area contributed by atoms with E-state index < -0.39 is 5.67 Å². The van der Waals surface area contributed by atoms with Gasteiger partial charge in [-0.15, -0.1) is 0 Å². The van der Waals surface area contributed by atoms with Gasteiger partial charge < -0.3 is 4.74 Å². The average molecular weight is 161 g/mol. The zero-order valence-electron chi connectivity index (χ0n) is 7.43. The van der Waals surface area contributed by atoms with Crippen LogP contribution >= 0.6 is 0 Å². The standard InChI is InChI=1S/C8H16FNO/c1-8(9)4-5-10(2)7(8)6-11-3/h7H,4-6H2,1-3H3. The van der Waals surface area contributed by atoms with E-state index in [1.807, 2.05) is 11.9 Å². The number of hydrogen-bond acceptors (Lipinski definition) is 2. The van der Waals surface area contributed by atoms with Crippen LogP contribution in [0.1, 0.15) is 13.3 Å². The van der Waals surface area contributed by atoms with Crippen LogP contribution in [0.5, 0.6) is 0 Å². The van der Waals surface area contributed by atoms with Crippen LogP contribution in [-0.2, 0) is 4.74 Å². The largest absolute Gasteiger partial charge is 0.383 e. The van der Waals surface area contributed by atoms with Crippen molar-refractivity contribution in [3.05, 3.63) is 0 Å². The highest BCUT2D eigenvalue weighted by atomic mass is 19.1. The Hall–Kier alpha value is -0.150. The molecular weight excluding hydrogens is 145 g/mol. The average Bonchev–Trinajstić information content (AvgIpc) is 2.16. The Balaban J connectivity index is 2.57. The Morgan fingerprint density at radius 1 is 1.73 bits per heavy atom. The predicted molar refractivity (Wildman–Crippen MR) is 42.4 cm³/mol. The molecule has 1 fully saturated rings. The van der Waals surface area contributed by atoms with Gasteiger partial charge in [0.25, 0.3) is 0 Å². The topological polar surface area (TPSA) is 12.5 Å². The van der Waals surface area contributed by atoms with Crippen molar-refractivity contribution in [1.82, 2.24) is 4.90 Å². The lowest BCUT2D eigenvalue weighted by Crippen LogP contribution is -2.41. The van der Waals surface area contributed by atoms with E-state index in [0.29, 0.717) is 13.0 Å². The SMILES string of the molecule is COCC1N(C)CCC1(C)F. The summed E-state index contributed by atoms with van der Waals surface area (Å²) in [6.07, 6.45) is 0.623. The van der Waals surface area contributed by atoms with Gasteiger partial charge in [-0.2, -0.15) is 0 Å². The molecule has 0 aliphatic carbocycles. The van der Waals surface area contributed by atoms with E-state index in [1.54, 1.807) is 14.0 Å². The van der Waals surface area contributed by atoms with Gasteiger partial charge in [0.2, 0.25) is 0 Å². The minimum absolute atomic E-state index is 0.0625. The second-order valence-electron chi connectivity index (χ2n) is 3.48. The number of likely N-dealkylation sites (N-methyl/N-ethyl adjacent to an activating group) is 1. The molecule has 11 heavy (non-hydrogen) atoms. The molecule has 0 spiro atoms. The van der Waals surface area contributed by atoms with Crippen LogP contribution in [-0.4, -0.2) is 43.9 Å². The number of alkyl halides is 1. The maximum atomic E-state index is 13.6. The van der Waals surface area contributed by atoms with Gasteiger partial charge in [-0.25, -0.2) is 4.39 Å². The Morgan fingerprint density at radius 2 is 2.36 bits per heavy atom. The third kappa shape index (κ3) is 1.71. The third-order valence-electron chi connectivity index (χ3n) is 2.50. The molecular formula is C8H16FNO. The molecule has 1 saturated heterocycles. The second kappa shape index (κ2) is 3.07. The highest BCUT2D eigenvalue weighted by Gasteiger charge is 2.42. The first kappa shape index (κ1) is 8.94. The number of halogens is 1. The second-order valence-corrected chi connectivity index (χ2v) is 3.48. The highest BCUT2D eigenvalue weighted by Crippen LogP contribution is 2.30. The Bertz CT molecular complexity index is 138. The molecule has 0 aromatic carbocycles. The molecule has 0 N–H and O–H groups in total. The van der Waals surface area contributed by atoms with Gasteiger partial charge in [-0.05, 0) is 20.4 Å². The third-order valence-corrected chi connectivity index (χ3v) is 2.50. The minimum Gasteiger partial charge on any atom is -0.383 e. The summed E-state index contributed by atoms with van der Waals surface area (Å²) in [6.45, 7) is 2.98. The Kier molecular flexibility index (Phi) is 2.50. The lowest BCUT2D eigenvalue weighted by Gasteiger charge is -2.26. The van der Waals surface area contributed by atoms with Crippen molar-refractivity contribution in [1.29, 1.82) is 0 Å². The molecule has 1 aliphatic heterocycles. The number of ether oxygens (including phenoxy) is 1. The lowest BCUT2D eigenvalue weighted by molar-refractivity contribution is 0.0524. The van der Waals surface area contributed by atoms with E-state index in [-0.39, 0.29) is 6.04 Å². The number of methoxy groups -OCH3 is 1. The van der Waals surface area contributed by atoms with Gasteiger partial charge in [0.1, 0.15) is 5.67 Å². The monoisotopic (exact) mass is 161 g/mol. The van der Waals surface area contributed by atoms with Gasteiger partial charge in [0, 0.05) is 13.7 Å². The number of rotatable bonds is 2. The minimum atomic E-state index is -1.06. The highest BCUT2D eigenvalue weighted by molar-refractivity contribution is 4.95. The predicted octanol–water partition coefficient (Wildman–Crippen LogP) is 1.07. The number of likely N-dealkylation sites (tertiary alicyclic amines) is 1. The zero-order chi connectivity index (χ0) is 8.48. The van der Waals surface area contributed by atoms with Crippen molar-refractivity contribution in [2.45, 2.75) is 25.1 Å². The molecule has 1 heterocycles. The summed E-state index contributed by atoms with van der Waals surface area (Å²) in [7, 11) is 3.55. The first-order valence-electron chi connectivity index (χ1n) is 3.96. The number of hydrogen-bond donors (Lipinski definition) is 0. The fourth-order valence-electron chi connectivity index (χ4n) is 1.64. The summed E-state index contributed by atoms with van der Waals surface area (Å²) < 4.78 is 18.5. The van der Waals surface area contributed by atoms with E-state index in [1.165, 1.54) is 0 Å². The number of nitrogens with zero attached hydrogens (tertiary/aromatic N) is 1. The Labute approximate surface area is 67.3 Å². The summed E-state index contributed by atoms with van der Waals surface area (Å²) in [5.74, 6) is 0. The molecule has 0 aromatic rings. The van der Waals surface area contributed by atoms with Gasteiger partial charge >= 0.3 is 0 Å². The molecule has 66 valence electrons. The van der Waals surface area contributed by atoms with Gasteiger partial charge in [-0.1, -0.05) is 0 Å². The van der Waals surface area contributed by atoms with Crippen molar-refractivity contribution in [3.8, 4) is 0 Å². The van der Waals surface area contributed by atoms with Crippen LogP contribution in [0.15, 0.2) is 0 Å². The van der Waals surface area contributed by atoms with Crippen LogP contribution < -0.4 is 0 Å². The molecule has 0 bridgehead atoms. The quantitative estimate of drug-likeness (QED) is 0.600. The van der Waals surface area contributed by atoms with Gasteiger partial charge in [0.05, 0.1) is 12.6 Å². The summed E-state index contributed by atoms with van der Waals surface area (Å²) in [5.41, 5.74) is -1.06. The van der Waals surface area contributed by atoms with E-state index in [0.717, 1.165) is 6.54 Å². The molecule has 1 aliphatic rings. The molecule has 2 atom stereocenters. The van der Waals surface area contributed by atoms with E-state index in [4.69, 9.17) is 4.74 Å². The molecule has 2 nitrogen and oxygen atoms in total. The zero-order valence-corrected chi connectivity index (χ0v) is 7.43. The molecule has 2 unspecified atom stereocenters. The maximum absolute atomic E-state index is 13.6. The van der Waals surface area contributed by atoms with Crippen molar-refractivity contribution in [2.75, 3.05) is 27.3 Å². The first-order valence-corrected chi connectivity index (χ1v) is 3.96. The Morgan fingerprint density at radius 3 is 2.73 bits per heavy atom. The van der Waals surface area contributed by atoms with Crippen molar-refractivity contribution in [3.63, 3.8) is 0 Å². The van der Waals surface area contributed by atoms with E-state index in [9.17, 15) is 4.39 Å².